The Labute approximate surface area is 153 Å². The van der Waals surface area contributed by atoms with E-state index in [9.17, 15) is 4.39 Å². The third-order valence-corrected chi connectivity index (χ3v) is 5.95. The summed E-state index contributed by atoms with van der Waals surface area (Å²) in [5, 5.41) is 8.38. The van der Waals surface area contributed by atoms with Gasteiger partial charge in [0, 0.05) is 6.61 Å². The molecule has 2 fully saturated rings. The zero-order valence-electron chi connectivity index (χ0n) is 15.8. The predicted octanol–water partition coefficient (Wildman–Crippen LogP) is 6.49. The maximum atomic E-state index is 12.7. The summed E-state index contributed by atoms with van der Waals surface area (Å²) in [7, 11) is 0. The largest absolute Gasteiger partial charge is 0.378 e. The molecule has 0 amide bonds. The van der Waals surface area contributed by atoms with E-state index in [2.05, 4.69) is 6.92 Å². The summed E-state index contributed by atoms with van der Waals surface area (Å²) >= 11 is 0. The molecule has 2 saturated carbocycles. The van der Waals surface area contributed by atoms with Crippen LogP contribution in [0, 0.1) is 29.1 Å². The molecule has 0 heterocycles. The molecule has 2 nitrogen and oxygen atoms in total. The van der Waals surface area contributed by atoms with E-state index in [0.717, 1.165) is 44.1 Å². The Morgan fingerprint density at radius 2 is 1.76 bits per heavy atom. The molecular formula is C22H34FNO. The molecule has 0 N–H and O–H groups in total. The van der Waals surface area contributed by atoms with Crippen LogP contribution in [0.4, 0.5) is 4.39 Å². The number of halogens is 1. The fourth-order valence-electron chi connectivity index (χ4n) is 4.23. The van der Waals surface area contributed by atoms with E-state index in [-0.39, 0.29) is 0 Å². The second-order valence-corrected chi connectivity index (χ2v) is 7.91. The van der Waals surface area contributed by atoms with Gasteiger partial charge in [-0.3, -0.25) is 0 Å². The van der Waals surface area contributed by atoms with Crippen molar-refractivity contribution >= 4 is 0 Å². The van der Waals surface area contributed by atoms with Gasteiger partial charge < -0.3 is 4.74 Å². The van der Waals surface area contributed by atoms with E-state index in [1.165, 1.54) is 57.1 Å². The van der Waals surface area contributed by atoms with Crippen LogP contribution in [0.5, 0.6) is 0 Å². The average molecular weight is 348 g/mol. The molecule has 0 bridgehead atoms. The lowest BCUT2D eigenvalue weighted by molar-refractivity contribution is -0.00662. The fraction of sp³-hybridized carbons (Fsp3) is 0.773. The van der Waals surface area contributed by atoms with Crippen LogP contribution in [-0.2, 0) is 4.74 Å². The van der Waals surface area contributed by atoms with Gasteiger partial charge in [-0.2, -0.15) is 9.65 Å². The second-order valence-electron chi connectivity index (χ2n) is 7.91. The lowest BCUT2D eigenvalue weighted by atomic mass is 9.80. The van der Waals surface area contributed by atoms with Gasteiger partial charge in [0.1, 0.15) is 6.07 Å². The first-order valence-corrected chi connectivity index (χ1v) is 10.3. The molecule has 2 aliphatic rings. The molecular weight excluding hydrogens is 313 g/mol. The SMILES string of the molecule is CCCCC1CCC(COC2CCC(/C=C/C=C(\F)C#N)CC2)CC1. The van der Waals surface area contributed by atoms with Gasteiger partial charge in [-0.25, -0.2) is 0 Å². The first kappa shape index (κ1) is 20.2. The topological polar surface area (TPSA) is 33.0 Å². The molecule has 0 saturated heterocycles. The van der Waals surface area contributed by atoms with Crippen molar-refractivity contribution in [2.45, 2.75) is 83.7 Å². The van der Waals surface area contributed by atoms with Gasteiger partial charge in [0.25, 0.3) is 0 Å². The molecule has 0 aliphatic heterocycles. The first-order chi connectivity index (χ1) is 12.2. The minimum absolute atomic E-state index is 0.411. The molecule has 0 unspecified atom stereocenters. The van der Waals surface area contributed by atoms with Crippen LogP contribution in [0.3, 0.4) is 0 Å². The van der Waals surface area contributed by atoms with E-state index in [0.29, 0.717) is 12.0 Å². The highest BCUT2D eigenvalue weighted by atomic mass is 19.1. The molecule has 0 aromatic carbocycles. The summed E-state index contributed by atoms with van der Waals surface area (Å²) in [5.41, 5.74) is 0. The minimum atomic E-state index is -0.724. The van der Waals surface area contributed by atoms with Crippen LogP contribution in [0.25, 0.3) is 0 Å². The van der Waals surface area contributed by atoms with Crippen LogP contribution in [-0.4, -0.2) is 12.7 Å². The third-order valence-electron chi connectivity index (χ3n) is 5.95. The monoisotopic (exact) mass is 347 g/mol. The van der Waals surface area contributed by atoms with Crippen LogP contribution in [0.1, 0.15) is 77.6 Å². The summed E-state index contributed by atoms with van der Waals surface area (Å²) in [6.45, 7) is 3.23. The van der Waals surface area contributed by atoms with Crippen molar-refractivity contribution in [2.75, 3.05) is 6.61 Å². The van der Waals surface area contributed by atoms with Crippen molar-refractivity contribution in [2.24, 2.45) is 17.8 Å². The number of hydrogen-bond donors (Lipinski definition) is 0. The van der Waals surface area contributed by atoms with Gasteiger partial charge in [-0.05, 0) is 62.4 Å². The molecule has 2 aliphatic carbocycles. The molecule has 3 heteroatoms. The lowest BCUT2D eigenvalue weighted by Crippen LogP contribution is -2.25. The number of allylic oxidation sites excluding steroid dienone is 4. The average Bonchev–Trinajstić information content (AvgIpc) is 2.66. The van der Waals surface area contributed by atoms with E-state index >= 15 is 0 Å². The van der Waals surface area contributed by atoms with Gasteiger partial charge in [0.15, 0.2) is 5.83 Å². The molecule has 0 atom stereocenters. The second kappa shape index (κ2) is 11.5. The Balaban J connectivity index is 1.58. The number of unbranched alkanes of at least 4 members (excludes halogenated alkanes) is 1. The normalized spacial score (nSPS) is 31.2. The Morgan fingerprint density at radius 1 is 1.08 bits per heavy atom. The zero-order chi connectivity index (χ0) is 17.9. The van der Waals surface area contributed by atoms with Crippen LogP contribution >= 0.6 is 0 Å². The third kappa shape index (κ3) is 7.74. The quantitative estimate of drug-likeness (QED) is 0.371. The Morgan fingerprint density at radius 3 is 2.40 bits per heavy atom. The van der Waals surface area contributed by atoms with Gasteiger partial charge in [-0.1, -0.05) is 51.2 Å². The highest BCUT2D eigenvalue weighted by Gasteiger charge is 2.24. The molecule has 25 heavy (non-hydrogen) atoms. The Hall–Kier alpha value is -1.14. The van der Waals surface area contributed by atoms with Crippen LogP contribution in [0.15, 0.2) is 24.1 Å². The van der Waals surface area contributed by atoms with Crippen molar-refractivity contribution in [1.29, 1.82) is 5.26 Å². The predicted molar refractivity (Wildman–Crippen MR) is 101 cm³/mol. The maximum Gasteiger partial charge on any atom is 0.199 e. The highest BCUT2D eigenvalue weighted by Crippen LogP contribution is 2.33. The summed E-state index contributed by atoms with van der Waals surface area (Å²) < 4.78 is 18.9. The molecule has 140 valence electrons. The smallest absolute Gasteiger partial charge is 0.199 e. The molecule has 0 aromatic rings. The van der Waals surface area contributed by atoms with Crippen molar-refractivity contribution in [1.82, 2.24) is 0 Å². The zero-order valence-corrected chi connectivity index (χ0v) is 15.8. The van der Waals surface area contributed by atoms with Gasteiger partial charge in [0.2, 0.25) is 0 Å². The molecule has 0 radical (unpaired) electrons. The molecule has 0 aromatic heterocycles. The van der Waals surface area contributed by atoms with E-state index in [1.54, 1.807) is 6.08 Å². The number of hydrogen-bond acceptors (Lipinski definition) is 2. The Kier molecular flexibility index (Phi) is 9.26. The van der Waals surface area contributed by atoms with E-state index in [4.69, 9.17) is 10.00 Å². The lowest BCUT2D eigenvalue weighted by Gasteiger charge is -2.31. The van der Waals surface area contributed by atoms with Crippen molar-refractivity contribution in [3.63, 3.8) is 0 Å². The maximum absolute atomic E-state index is 12.7. The van der Waals surface area contributed by atoms with Crippen molar-refractivity contribution in [3.05, 3.63) is 24.1 Å². The van der Waals surface area contributed by atoms with E-state index < -0.39 is 5.83 Å². The standard InChI is InChI=1S/C22H34FNO/c1-2-3-5-18-8-10-20(11-9-18)17-25-22-14-12-19(13-15-22)6-4-7-21(23)16-24/h4,6-7,18-20,22H,2-3,5,8-15,17H2,1H3/b6-4+,21-7-. The number of nitriles is 1. The highest BCUT2D eigenvalue weighted by molar-refractivity contribution is 5.19. The minimum Gasteiger partial charge on any atom is -0.378 e. The van der Waals surface area contributed by atoms with E-state index in [1.807, 2.05) is 6.08 Å². The number of rotatable bonds is 8. The van der Waals surface area contributed by atoms with Crippen molar-refractivity contribution in [3.8, 4) is 6.07 Å². The summed E-state index contributed by atoms with van der Waals surface area (Å²) in [6, 6.07) is 1.49. The van der Waals surface area contributed by atoms with Gasteiger partial charge in [0.05, 0.1) is 6.10 Å². The van der Waals surface area contributed by atoms with Crippen LogP contribution < -0.4 is 0 Å². The summed E-state index contributed by atoms with van der Waals surface area (Å²) in [6.07, 6.45) is 19.4. The van der Waals surface area contributed by atoms with Gasteiger partial charge >= 0.3 is 0 Å². The fourth-order valence-corrected chi connectivity index (χ4v) is 4.23. The van der Waals surface area contributed by atoms with Gasteiger partial charge in [-0.15, -0.1) is 0 Å². The number of nitrogens with zero attached hydrogens (tertiary/aromatic N) is 1. The molecule has 0 spiro atoms. The molecule has 2 rings (SSSR count). The number of ether oxygens (including phenoxy) is 1. The van der Waals surface area contributed by atoms with Crippen molar-refractivity contribution < 1.29 is 9.13 Å². The van der Waals surface area contributed by atoms with Crippen LogP contribution in [0.2, 0.25) is 0 Å². The first-order valence-electron chi connectivity index (χ1n) is 10.3. The summed E-state index contributed by atoms with van der Waals surface area (Å²) in [4.78, 5) is 0. The Bertz CT molecular complexity index is 463. The summed E-state index contributed by atoms with van der Waals surface area (Å²) in [5.74, 6) is 1.52.